The molecule has 0 saturated carbocycles. The molecule has 2 aromatic heterocycles. The number of nitrogens with one attached hydrogen (secondary N) is 2. The molecule has 0 aliphatic heterocycles. The molecule has 0 amide bonds. The number of rotatable bonds is 9. The van der Waals surface area contributed by atoms with Crippen molar-refractivity contribution in [1.29, 1.82) is 0 Å². The minimum Gasteiger partial charge on any atom is -0.382 e. The van der Waals surface area contributed by atoms with Crippen LogP contribution in [-0.2, 0) is 0 Å². The summed E-state index contributed by atoms with van der Waals surface area (Å²) in [5.74, 6) is 0.242. The van der Waals surface area contributed by atoms with Gasteiger partial charge in [0.25, 0.3) is 0 Å². The first kappa shape index (κ1) is 25.7. The van der Waals surface area contributed by atoms with Crippen LogP contribution in [0.5, 0.6) is 0 Å². The van der Waals surface area contributed by atoms with Gasteiger partial charge in [-0.05, 0) is 49.1 Å². The lowest BCUT2D eigenvalue weighted by molar-refractivity contribution is 0.609. The van der Waals surface area contributed by atoms with Crippen molar-refractivity contribution < 1.29 is 4.39 Å². The molecular weight excluding hydrogens is 463 g/mol. The van der Waals surface area contributed by atoms with E-state index < -0.39 is 0 Å². The van der Waals surface area contributed by atoms with Crippen LogP contribution in [0.2, 0.25) is 0 Å². The standard InChI is InChI=1S/C30H33FN6/c1-18(2)24-10-12-25(13-11-24)20(4)34-22(6)28-15-27(35-30-16-29(32)36-37(28)30)21(5)33-17-23-8-7-9-26(31)19(3)14-23/h7-8,10-16,20,33-34H,1,5-6,9,17H2,2-4H3,(H2,32,36). The van der Waals surface area contributed by atoms with Crippen molar-refractivity contribution in [3.05, 3.63) is 114 Å². The Hall–Kier alpha value is -4.39. The maximum Gasteiger partial charge on any atom is 0.158 e. The van der Waals surface area contributed by atoms with Gasteiger partial charge < -0.3 is 16.4 Å². The van der Waals surface area contributed by atoms with E-state index in [1.165, 1.54) is 0 Å². The van der Waals surface area contributed by atoms with Crippen molar-refractivity contribution in [3.8, 4) is 0 Å². The third-order valence-electron chi connectivity index (χ3n) is 6.32. The van der Waals surface area contributed by atoms with Gasteiger partial charge in [0, 0.05) is 25.1 Å². The Morgan fingerprint density at radius 1 is 1.16 bits per heavy atom. The fourth-order valence-corrected chi connectivity index (χ4v) is 4.13. The molecule has 37 heavy (non-hydrogen) atoms. The number of aromatic nitrogens is 3. The molecule has 0 bridgehead atoms. The van der Waals surface area contributed by atoms with Crippen LogP contribution in [0.3, 0.4) is 0 Å². The zero-order valence-electron chi connectivity index (χ0n) is 21.6. The van der Waals surface area contributed by atoms with Gasteiger partial charge in [-0.1, -0.05) is 67.8 Å². The molecule has 1 aliphatic rings. The predicted molar refractivity (Wildman–Crippen MR) is 152 cm³/mol. The van der Waals surface area contributed by atoms with Crippen molar-refractivity contribution in [2.24, 2.45) is 0 Å². The molecule has 1 aliphatic carbocycles. The summed E-state index contributed by atoms with van der Waals surface area (Å²) in [6, 6.07) is 11.9. The lowest BCUT2D eigenvalue weighted by Crippen LogP contribution is -2.20. The van der Waals surface area contributed by atoms with Crippen molar-refractivity contribution in [1.82, 2.24) is 25.2 Å². The van der Waals surface area contributed by atoms with Gasteiger partial charge in [0.15, 0.2) is 5.65 Å². The number of nitrogens with zero attached hydrogens (tertiary/aromatic N) is 3. The second-order valence-corrected chi connectivity index (χ2v) is 9.36. The number of nitrogens with two attached hydrogens (primary N) is 1. The van der Waals surface area contributed by atoms with Crippen LogP contribution < -0.4 is 16.4 Å². The molecular formula is C30H33FN6. The zero-order chi connectivity index (χ0) is 26.7. The number of anilines is 1. The topological polar surface area (TPSA) is 80.3 Å². The summed E-state index contributed by atoms with van der Waals surface area (Å²) in [6.07, 6.45) is 5.89. The Labute approximate surface area is 217 Å². The van der Waals surface area contributed by atoms with Crippen LogP contribution in [0.15, 0.2) is 91.3 Å². The third-order valence-corrected chi connectivity index (χ3v) is 6.32. The number of halogens is 1. The van der Waals surface area contributed by atoms with E-state index in [2.05, 4.69) is 71.6 Å². The predicted octanol–water partition coefficient (Wildman–Crippen LogP) is 6.36. The molecule has 0 saturated heterocycles. The van der Waals surface area contributed by atoms with Gasteiger partial charge in [-0.15, -0.1) is 5.10 Å². The fraction of sp³-hybridized carbons (Fsp3) is 0.200. The molecule has 3 aromatic rings. The van der Waals surface area contributed by atoms with E-state index in [9.17, 15) is 4.39 Å². The van der Waals surface area contributed by atoms with Crippen molar-refractivity contribution >= 4 is 28.4 Å². The van der Waals surface area contributed by atoms with E-state index in [-0.39, 0.29) is 11.9 Å². The highest BCUT2D eigenvalue weighted by Gasteiger charge is 2.15. The van der Waals surface area contributed by atoms with Crippen LogP contribution >= 0.6 is 0 Å². The number of nitrogen functional groups attached to an aromatic ring is 1. The fourth-order valence-electron chi connectivity index (χ4n) is 4.13. The number of hydrogen-bond donors (Lipinski definition) is 3. The summed E-state index contributed by atoms with van der Waals surface area (Å²) in [5, 5.41) is 11.2. The van der Waals surface area contributed by atoms with Gasteiger partial charge in [-0.3, -0.25) is 0 Å². The van der Waals surface area contributed by atoms with Gasteiger partial charge in [0.1, 0.15) is 11.6 Å². The molecule has 6 nitrogen and oxygen atoms in total. The Balaban J connectivity index is 1.55. The highest BCUT2D eigenvalue weighted by atomic mass is 19.1. The van der Waals surface area contributed by atoms with Gasteiger partial charge in [0.2, 0.25) is 0 Å². The first-order valence-electron chi connectivity index (χ1n) is 12.2. The summed E-state index contributed by atoms with van der Waals surface area (Å²) in [6.45, 7) is 18.8. The van der Waals surface area contributed by atoms with Gasteiger partial charge in [-0.2, -0.15) is 0 Å². The summed E-state index contributed by atoms with van der Waals surface area (Å²) in [7, 11) is 0. The third kappa shape index (κ3) is 5.89. The molecule has 190 valence electrons. The summed E-state index contributed by atoms with van der Waals surface area (Å²) in [5.41, 5.74) is 14.1. The Morgan fingerprint density at radius 3 is 2.59 bits per heavy atom. The van der Waals surface area contributed by atoms with E-state index >= 15 is 0 Å². The lowest BCUT2D eigenvalue weighted by Gasteiger charge is -2.19. The van der Waals surface area contributed by atoms with Crippen LogP contribution in [-0.4, -0.2) is 21.1 Å². The molecule has 4 N–H and O–H groups in total. The first-order chi connectivity index (χ1) is 17.6. The zero-order valence-corrected chi connectivity index (χ0v) is 21.6. The molecule has 2 heterocycles. The van der Waals surface area contributed by atoms with Crippen LogP contribution in [0.4, 0.5) is 10.2 Å². The molecule has 0 radical (unpaired) electrons. The molecule has 4 rings (SSSR count). The highest BCUT2D eigenvalue weighted by Crippen LogP contribution is 2.24. The molecule has 1 aromatic carbocycles. The maximum absolute atomic E-state index is 13.9. The number of allylic oxidation sites excluding steroid dienone is 5. The minimum atomic E-state index is -0.118. The average molecular weight is 497 g/mol. The van der Waals surface area contributed by atoms with E-state index in [4.69, 9.17) is 5.73 Å². The number of benzene rings is 1. The maximum atomic E-state index is 13.9. The van der Waals surface area contributed by atoms with Crippen LogP contribution in [0, 0.1) is 0 Å². The monoisotopic (exact) mass is 496 g/mol. The first-order valence-corrected chi connectivity index (χ1v) is 12.2. The van der Waals surface area contributed by atoms with Crippen LogP contribution in [0.1, 0.15) is 55.7 Å². The van der Waals surface area contributed by atoms with Crippen molar-refractivity contribution in [2.75, 3.05) is 12.3 Å². The van der Waals surface area contributed by atoms with Crippen molar-refractivity contribution in [2.45, 2.75) is 33.2 Å². The number of fused-ring (bicyclic) bond motifs is 1. The number of hydrogen-bond acceptors (Lipinski definition) is 5. The summed E-state index contributed by atoms with van der Waals surface area (Å²) in [4.78, 5) is 4.69. The lowest BCUT2D eigenvalue weighted by atomic mass is 10.0. The van der Waals surface area contributed by atoms with Crippen molar-refractivity contribution in [3.63, 3.8) is 0 Å². The second-order valence-electron chi connectivity index (χ2n) is 9.36. The van der Waals surface area contributed by atoms with E-state index in [1.54, 1.807) is 17.5 Å². The van der Waals surface area contributed by atoms with Gasteiger partial charge in [-0.25, -0.2) is 13.9 Å². The highest BCUT2D eigenvalue weighted by molar-refractivity contribution is 5.69. The van der Waals surface area contributed by atoms with Crippen LogP contribution in [0.25, 0.3) is 22.6 Å². The SMILES string of the molecule is C=C(C)c1ccc(C(C)NC(=C)c2cc(C(=C)NCC3=CC(C)=C(F)CC=C3)nc3cc(N)nn23)cc1. The normalized spacial score (nSPS) is 14.2. The minimum absolute atomic E-state index is 0.00165. The smallest absolute Gasteiger partial charge is 0.158 e. The Bertz CT molecular complexity index is 1470. The quantitative estimate of drug-likeness (QED) is 0.321. The molecule has 1 atom stereocenters. The summed E-state index contributed by atoms with van der Waals surface area (Å²) >= 11 is 0. The van der Waals surface area contributed by atoms with E-state index in [0.29, 0.717) is 47.1 Å². The molecule has 7 heteroatoms. The Kier molecular flexibility index (Phi) is 7.43. The summed E-state index contributed by atoms with van der Waals surface area (Å²) < 4.78 is 15.6. The average Bonchev–Trinajstić information content (AvgIpc) is 3.17. The molecule has 0 fully saturated rings. The molecule has 0 spiro atoms. The molecule has 1 unspecified atom stereocenters. The largest absolute Gasteiger partial charge is 0.382 e. The van der Waals surface area contributed by atoms with Gasteiger partial charge >= 0.3 is 0 Å². The van der Waals surface area contributed by atoms with E-state index in [0.717, 1.165) is 28.0 Å². The Morgan fingerprint density at radius 2 is 1.89 bits per heavy atom. The van der Waals surface area contributed by atoms with Gasteiger partial charge in [0.05, 0.1) is 22.8 Å². The second kappa shape index (κ2) is 10.7. The van der Waals surface area contributed by atoms with E-state index in [1.807, 2.05) is 31.2 Å².